The van der Waals surface area contributed by atoms with Crippen molar-refractivity contribution in [3.63, 3.8) is 0 Å². The first-order chi connectivity index (χ1) is 15.3. The van der Waals surface area contributed by atoms with Crippen LogP contribution >= 0.6 is 11.6 Å². The maximum absolute atomic E-state index is 14.3. The van der Waals surface area contributed by atoms with Crippen LogP contribution in [0.15, 0.2) is 76.7 Å². The van der Waals surface area contributed by atoms with Crippen LogP contribution in [0.25, 0.3) is 10.9 Å². The summed E-state index contributed by atoms with van der Waals surface area (Å²) < 4.78 is 30.9. The zero-order chi connectivity index (χ0) is 22.8. The third-order valence-corrected chi connectivity index (χ3v) is 6.01. The smallest absolute Gasteiger partial charge is 0.260 e. The largest absolute Gasteiger partial charge is 0.588 e. The number of nitrogens with one attached hydrogen (secondary N) is 2. The summed E-state index contributed by atoms with van der Waals surface area (Å²) in [6.07, 6.45) is 1.38. The Hall–Kier alpha value is -3.40. The highest BCUT2D eigenvalue weighted by atomic mass is 35.5. The minimum absolute atomic E-state index is 0.124. The van der Waals surface area contributed by atoms with Gasteiger partial charge in [-0.2, -0.15) is 0 Å². The molecule has 0 bridgehead atoms. The van der Waals surface area contributed by atoms with E-state index < -0.39 is 23.1 Å². The molecule has 0 saturated carbocycles. The lowest BCUT2D eigenvalue weighted by Crippen LogP contribution is -2.18. The minimum atomic E-state index is -1.91. The molecular weight excluding hydrogens is 455 g/mol. The summed E-state index contributed by atoms with van der Waals surface area (Å²) in [4.78, 5) is 28.8. The number of fused-ring (bicyclic) bond motifs is 1. The van der Waals surface area contributed by atoms with Crippen LogP contribution in [0, 0.1) is 5.82 Å². The summed E-state index contributed by atoms with van der Waals surface area (Å²) in [5.74, 6) is -1.17. The molecule has 2 N–H and O–H groups in total. The minimum Gasteiger partial charge on any atom is -0.588 e. The predicted molar refractivity (Wildman–Crippen MR) is 123 cm³/mol. The van der Waals surface area contributed by atoms with Crippen LogP contribution in [0.3, 0.4) is 0 Å². The summed E-state index contributed by atoms with van der Waals surface area (Å²) in [6.45, 7) is 0. The van der Waals surface area contributed by atoms with Crippen molar-refractivity contribution in [1.82, 2.24) is 9.55 Å². The SMILES string of the molecule is Cn1cnc2cc(C(=O)Nc3ccc(F)c([S+]([O-])Nc4ccc(Cl)cc4)c3)ccc2c1=O. The maximum Gasteiger partial charge on any atom is 0.260 e. The highest BCUT2D eigenvalue weighted by molar-refractivity contribution is 7.92. The third kappa shape index (κ3) is 4.59. The number of nitrogens with zero attached hydrogens (tertiary/aromatic N) is 2. The molecule has 162 valence electrons. The molecule has 0 radical (unpaired) electrons. The number of halogens is 2. The summed E-state index contributed by atoms with van der Waals surface area (Å²) in [5, 5.41) is 3.55. The Balaban J connectivity index is 1.55. The van der Waals surface area contributed by atoms with Gasteiger partial charge < -0.3 is 14.4 Å². The molecule has 1 atom stereocenters. The molecule has 7 nitrogen and oxygen atoms in total. The number of amides is 1. The number of carbonyl (C=O) groups is 1. The van der Waals surface area contributed by atoms with Crippen LogP contribution < -0.4 is 15.6 Å². The zero-order valence-corrected chi connectivity index (χ0v) is 18.2. The fraction of sp³-hybridized carbons (Fsp3) is 0.0455. The Morgan fingerprint density at radius 2 is 1.81 bits per heavy atom. The van der Waals surface area contributed by atoms with Crippen molar-refractivity contribution in [2.75, 3.05) is 10.0 Å². The first-order valence-electron chi connectivity index (χ1n) is 9.32. The lowest BCUT2D eigenvalue weighted by atomic mass is 10.1. The van der Waals surface area contributed by atoms with Gasteiger partial charge in [0.1, 0.15) is 11.4 Å². The van der Waals surface area contributed by atoms with E-state index in [2.05, 4.69) is 15.0 Å². The van der Waals surface area contributed by atoms with Crippen molar-refractivity contribution < 1.29 is 13.7 Å². The molecule has 0 fully saturated rings. The number of aryl methyl sites for hydroxylation is 1. The van der Waals surface area contributed by atoms with Gasteiger partial charge in [-0.1, -0.05) is 11.6 Å². The third-order valence-electron chi connectivity index (χ3n) is 4.62. The number of benzene rings is 3. The van der Waals surface area contributed by atoms with Gasteiger partial charge in [-0.3, -0.25) is 9.59 Å². The van der Waals surface area contributed by atoms with Gasteiger partial charge in [-0.15, -0.1) is 0 Å². The molecule has 0 aliphatic rings. The second-order valence-corrected chi connectivity index (χ2v) is 8.49. The van der Waals surface area contributed by atoms with E-state index in [0.717, 1.165) is 6.07 Å². The summed E-state index contributed by atoms with van der Waals surface area (Å²) >= 11 is 3.92. The molecular formula is C22H16ClFN4O3S. The first kappa shape index (κ1) is 21.8. The summed E-state index contributed by atoms with van der Waals surface area (Å²) in [5.41, 5.74) is 1.19. The predicted octanol–water partition coefficient (Wildman–Crippen LogP) is 4.11. The molecule has 0 saturated heterocycles. The highest BCUT2D eigenvalue weighted by Crippen LogP contribution is 2.24. The average molecular weight is 471 g/mol. The fourth-order valence-corrected chi connectivity index (χ4v) is 4.02. The van der Waals surface area contributed by atoms with Gasteiger partial charge >= 0.3 is 0 Å². The van der Waals surface area contributed by atoms with E-state index >= 15 is 0 Å². The zero-order valence-electron chi connectivity index (χ0n) is 16.6. The topological polar surface area (TPSA) is 99.1 Å². The van der Waals surface area contributed by atoms with Crippen LogP contribution in [0.5, 0.6) is 0 Å². The monoisotopic (exact) mass is 470 g/mol. The lowest BCUT2D eigenvalue weighted by molar-refractivity contribution is 0.102. The van der Waals surface area contributed by atoms with Gasteiger partial charge in [0.05, 0.1) is 22.9 Å². The van der Waals surface area contributed by atoms with Crippen LogP contribution in [-0.4, -0.2) is 20.0 Å². The molecule has 3 aromatic carbocycles. The number of carbonyl (C=O) groups excluding carboxylic acids is 1. The van der Waals surface area contributed by atoms with E-state index in [9.17, 15) is 18.5 Å². The van der Waals surface area contributed by atoms with Gasteiger partial charge in [0.25, 0.3) is 11.5 Å². The fourth-order valence-electron chi connectivity index (χ4n) is 2.96. The van der Waals surface area contributed by atoms with Gasteiger partial charge in [0, 0.05) is 29.4 Å². The number of anilines is 2. The quantitative estimate of drug-likeness (QED) is 0.427. The summed E-state index contributed by atoms with van der Waals surface area (Å²) in [6, 6.07) is 14.8. The molecule has 1 amide bonds. The normalized spacial score (nSPS) is 11.9. The molecule has 0 aliphatic heterocycles. The Morgan fingerprint density at radius 3 is 2.56 bits per heavy atom. The van der Waals surface area contributed by atoms with E-state index in [1.165, 1.54) is 41.2 Å². The standard InChI is InChI=1S/C22H16ClFN4O3S/c1-28-12-25-19-10-13(2-8-17(19)22(28)30)21(29)26-16-7-9-18(24)20(11-16)32(31)27-15-5-3-14(23)4-6-15/h2-12,27H,1H3,(H,26,29). The van der Waals surface area contributed by atoms with Crippen molar-refractivity contribution in [2.24, 2.45) is 7.05 Å². The molecule has 1 unspecified atom stereocenters. The van der Waals surface area contributed by atoms with E-state index in [1.807, 2.05) is 0 Å². The maximum atomic E-state index is 14.3. The van der Waals surface area contributed by atoms with Crippen molar-refractivity contribution in [3.8, 4) is 0 Å². The second-order valence-electron chi connectivity index (χ2n) is 6.87. The van der Waals surface area contributed by atoms with Crippen LogP contribution in [-0.2, 0) is 18.4 Å². The van der Waals surface area contributed by atoms with Gasteiger partial charge in [0.15, 0.2) is 5.82 Å². The molecule has 1 aromatic heterocycles. The Labute approximate surface area is 190 Å². The Morgan fingerprint density at radius 1 is 1.09 bits per heavy atom. The van der Waals surface area contributed by atoms with Crippen molar-refractivity contribution >= 4 is 51.1 Å². The van der Waals surface area contributed by atoms with Gasteiger partial charge in [-0.25, -0.2) is 14.1 Å². The number of aromatic nitrogens is 2. The first-order valence-corrected chi connectivity index (χ1v) is 10.8. The molecule has 0 spiro atoms. The van der Waals surface area contributed by atoms with Crippen molar-refractivity contribution in [3.05, 3.63) is 93.7 Å². The van der Waals surface area contributed by atoms with Gasteiger partial charge in [0.2, 0.25) is 4.90 Å². The number of hydrogen-bond donors (Lipinski definition) is 2. The van der Waals surface area contributed by atoms with E-state index in [0.29, 0.717) is 21.6 Å². The van der Waals surface area contributed by atoms with Crippen LogP contribution in [0.1, 0.15) is 10.4 Å². The second kappa shape index (κ2) is 8.99. The molecule has 1 heterocycles. The number of hydrogen-bond acceptors (Lipinski definition) is 5. The molecule has 0 aliphatic carbocycles. The van der Waals surface area contributed by atoms with E-state index in [4.69, 9.17) is 11.6 Å². The Bertz CT molecular complexity index is 1380. The van der Waals surface area contributed by atoms with Crippen LogP contribution in [0.4, 0.5) is 15.8 Å². The molecule has 4 rings (SSSR count). The van der Waals surface area contributed by atoms with Crippen LogP contribution in [0.2, 0.25) is 5.02 Å². The number of rotatable bonds is 5. The van der Waals surface area contributed by atoms with E-state index in [1.54, 1.807) is 31.3 Å². The van der Waals surface area contributed by atoms with Gasteiger partial charge in [-0.05, 0) is 54.6 Å². The Kier molecular flexibility index (Phi) is 6.13. The average Bonchev–Trinajstić information content (AvgIpc) is 2.79. The molecule has 4 aromatic rings. The lowest BCUT2D eigenvalue weighted by Gasteiger charge is -2.13. The highest BCUT2D eigenvalue weighted by Gasteiger charge is 2.20. The summed E-state index contributed by atoms with van der Waals surface area (Å²) in [7, 11) is 1.59. The van der Waals surface area contributed by atoms with Crippen molar-refractivity contribution in [1.29, 1.82) is 0 Å². The molecule has 32 heavy (non-hydrogen) atoms. The van der Waals surface area contributed by atoms with Crippen molar-refractivity contribution in [2.45, 2.75) is 4.90 Å². The molecule has 10 heteroatoms. The van der Waals surface area contributed by atoms with E-state index in [-0.39, 0.29) is 21.7 Å².